The summed E-state index contributed by atoms with van der Waals surface area (Å²) in [5.41, 5.74) is 0. The highest BCUT2D eigenvalue weighted by Gasteiger charge is 2.62. The number of carbonyl (C=O) groups excluding carboxylic acids is 4. The summed E-state index contributed by atoms with van der Waals surface area (Å²) < 4.78 is 64.1. The van der Waals surface area contributed by atoms with Gasteiger partial charge in [-0.15, -0.1) is 0 Å². The fraction of sp³-hybridized carbons (Fsp3) is 0.894. The van der Waals surface area contributed by atoms with Crippen LogP contribution in [0.2, 0.25) is 0 Å². The lowest BCUT2D eigenvalue weighted by Gasteiger charge is -2.52. The van der Waals surface area contributed by atoms with Crippen molar-refractivity contribution < 1.29 is 168 Å². The topological polar surface area (TPSA) is 599 Å². The quantitative estimate of drug-likeness (QED) is 0.0452. The number of aliphatic carboxylic acids is 1. The summed E-state index contributed by atoms with van der Waals surface area (Å²) in [6.45, 7) is -2.45. The Balaban J connectivity index is 1.33. The van der Waals surface area contributed by atoms with Crippen molar-refractivity contribution in [3.8, 4) is 0 Å². The van der Waals surface area contributed by atoms with Gasteiger partial charge in [-0.1, -0.05) is 0 Å². The van der Waals surface area contributed by atoms with Crippen LogP contribution in [0.4, 0.5) is 0 Å². The number of aliphatic hydroxyl groups is 17. The predicted molar refractivity (Wildman–Crippen MR) is 263 cm³/mol. The molecule has 0 radical (unpaired) electrons. The number of carboxylic acid groups (broad SMARTS) is 1. The number of ether oxygens (including phenoxy) is 11. The van der Waals surface area contributed by atoms with Gasteiger partial charge in [-0.25, -0.2) is 4.79 Å². The zero-order valence-corrected chi connectivity index (χ0v) is 45.9. The fourth-order valence-corrected chi connectivity index (χ4v) is 10.7. The Hall–Kier alpha value is -3.77. The van der Waals surface area contributed by atoms with E-state index in [0.717, 1.165) is 27.7 Å². The van der Waals surface area contributed by atoms with Gasteiger partial charge < -0.3 is 165 Å². The number of aliphatic hydroxyl groups excluding tert-OH is 17. The number of carboxylic acids is 1. The van der Waals surface area contributed by atoms with Crippen molar-refractivity contribution in [2.75, 3.05) is 39.6 Å². The fourth-order valence-electron chi connectivity index (χ4n) is 10.7. The molecule has 4 amide bonds. The van der Waals surface area contributed by atoms with Crippen molar-refractivity contribution in [1.29, 1.82) is 0 Å². The maximum Gasteiger partial charge on any atom is 0.364 e. The first-order chi connectivity index (χ1) is 40.0. The molecule has 22 N–H and O–H groups in total. The molecule has 6 aliphatic rings. The highest BCUT2D eigenvalue weighted by atomic mass is 16.8. The van der Waals surface area contributed by atoms with Gasteiger partial charge in [0.25, 0.3) is 5.79 Å². The van der Waals surface area contributed by atoms with E-state index >= 15 is 0 Å². The smallest absolute Gasteiger partial charge is 0.364 e. The Morgan fingerprint density at radius 3 is 1.48 bits per heavy atom. The summed E-state index contributed by atoms with van der Waals surface area (Å²) in [5.74, 6) is -8.95. The lowest BCUT2D eigenvalue weighted by atomic mass is 9.88. The molecular weight excluding hydrogens is 1160 g/mol. The van der Waals surface area contributed by atoms with Gasteiger partial charge in [-0.3, -0.25) is 19.2 Å². The third-order valence-electron chi connectivity index (χ3n) is 15.0. The second kappa shape index (κ2) is 30.2. The number of hydrogen-bond donors (Lipinski definition) is 22. The first-order valence-electron chi connectivity index (χ1n) is 26.7. The first-order valence-corrected chi connectivity index (χ1v) is 26.7. The minimum absolute atomic E-state index is 0.795. The molecule has 85 heavy (non-hydrogen) atoms. The van der Waals surface area contributed by atoms with E-state index < -0.39 is 265 Å². The van der Waals surface area contributed by atoms with Crippen molar-refractivity contribution in [1.82, 2.24) is 21.3 Å². The molecule has 0 aromatic heterocycles. The Morgan fingerprint density at radius 2 is 0.941 bits per heavy atom. The molecule has 6 saturated heterocycles. The third-order valence-corrected chi connectivity index (χ3v) is 15.0. The van der Waals surface area contributed by atoms with E-state index in [4.69, 9.17) is 52.1 Å². The molecule has 0 unspecified atom stereocenters. The minimum atomic E-state index is -3.36. The van der Waals surface area contributed by atoms with E-state index in [-0.39, 0.29) is 0 Å². The molecule has 0 spiro atoms. The zero-order chi connectivity index (χ0) is 63.3. The van der Waals surface area contributed by atoms with Crippen LogP contribution in [0.1, 0.15) is 34.1 Å². The Labute approximate surface area is 481 Å². The number of nitrogens with one attached hydrogen (secondary N) is 4. The van der Waals surface area contributed by atoms with Crippen molar-refractivity contribution in [2.45, 2.75) is 224 Å². The van der Waals surface area contributed by atoms with Crippen LogP contribution >= 0.6 is 0 Å². The van der Waals surface area contributed by atoms with Crippen LogP contribution in [0, 0.1) is 0 Å². The zero-order valence-electron chi connectivity index (χ0n) is 45.9. The number of rotatable bonds is 23. The second-order valence-corrected chi connectivity index (χ2v) is 21.2. The van der Waals surface area contributed by atoms with E-state index in [9.17, 15) is 116 Å². The van der Waals surface area contributed by atoms with Crippen LogP contribution in [-0.2, 0) is 76.1 Å². The lowest BCUT2D eigenvalue weighted by Crippen LogP contribution is -2.72. The summed E-state index contributed by atoms with van der Waals surface area (Å²) in [6.07, 6.45) is -54.1. The van der Waals surface area contributed by atoms with Gasteiger partial charge in [0.05, 0.1) is 51.8 Å². The molecule has 6 fully saturated rings. The summed E-state index contributed by atoms with van der Waals surface area (Å²) in [4.78, 5) is 63.2. The molecule has 6 aliphatic heterocycles. The lowest BCUT2D eigenvalue weighted by molar-refractivity contribution is -0.399. The third kappa shape index (κ3) is 15.8. The summed E-state index contributed by atoms with van der Waals surface area (Å²) in [7, 11) is 0. The Bertz CT molecular complexity index is 2210. The standard InChI is InChI=1S/C47H78N4O34/c1-12(57)48-23-16(61)5-47(46(73)74,84-39(23)27(63)17(62)6-52)85-40-35(71)45(80-21(10-56)37(40)82-43-24(49-13(2)58)31(67)28(64)18(7-53)77-43)81-36-20(9-55)79-42(25(32(36)68)50-14(3)59)75-11-22-30(66)38(26(41(72)76-22)51-15(4)60)83-44-34(70)33(69)29(65)19(8-54)78-44/h16-45,52-56,61-72H,5-11H2,1-4H3,(H,48,57)(H,49,58)(H,50,59)(H,51,60)(H,73,74)/t16-,17+,18+,19+,20+,21+,22+,23+,24+,25+,26+,27+,28-,29-,30-,31+,32+,33-,34+,35+,36+,37-,38+,39+,40+,41-,42+,43-,44-,45-,47-/m0/s1. The van der Waals surface area contributed by atoms with Crippen molar-refractivity contribution in [2.24, 2.45) is 0 Å². The van der Waals surface area contributed by atoms with Gasteiger partial charge in [0.2, 0.25) is 23.6 Å². The van der Waals surface area contributed by atoms with Crippen molar-refractivity contribution in [3.63, 3.8) is 0 Å². The molecule has 490 valence electrons. The molecule has 0 aromatic rings. The Morgan fingerprint density at radius 1 is 0.482 bits per heavy atom. The van der Waals surface area contributed by atoms with E-state index in [1.54, 1.807) is 0 Å². The van der Waals surface area contributed by atoms with Crippen LogP contribution in [0.5, 0.6) is 0 Å². The van der Waals surface area contributed by atoms with E-state index in [2.05, 4.69) is 21.3 Å². The Kier molecular flexibility index (Phi) is 24.9. The molecule has 0 bridgehead atoms. The van der Waals surface area contributed by atoms with Crippen molar-refractivity contribution in [3.05, 3.63) is 0 Å². The van der Waals surface area contributed by atoms with Gasteiger partial charge in [0, 0.05) is 34.1 Å². The van der Waals surface area contributed by atoms with Crippen LogP contribution < -0.4 is 21.3 Å². The summed E-state index contributed by atoms with van der Waals surface area (Å²) in [6, 6.07) is -7.02. The maximum atomic E-state index is 13.5. The van der Waals surface area contributed by atoms with Gasteiger partial charge in [-0.05, 0) is 0 Å². The van der Waals surface area contributed by atoms with Crippen LogP contribution in [0.25, 0.3) is 0 Å². The highest BCUT2D eigenvalue weighted by molar-refractivity contribution is 5.77. The van der Waals surface area contributed by atoms with Crippen LogP contribution in [0.15, 0.2) is 0 Å². The number of carbonyl (C=O) groups is 5. The number of hydrogen-bond acceptors (Lipinski definition) is 33. The van der Waals surface area contributed by atoms with Gasteiger partial charge in [0.1, 0.15) is 140 Å². The summed E-state index contributed by atoms with van der Waals surface area (Å²) >= 11 is 0. The largest absolute Gasteiger partial charge is 0.477 e. The molecule has 31 atom stereocenters. The minimum Gasteiger partial charge on any atom is -0.477 e. The molecule has 6 heterocycles. The molecule has 38 heteroatoms. The summed E-state index contributed by atoms with van der Waals surface area (Å²) in [5, 5.41) is 205. The van der Waals surface area contributed by atoms with Crippen molar-refractivity contribution >= 4 is 29.6 Å². The SMILES string of the molecule is CC(=O)N[C@@H]1[C@@H](O[C@@H]2O[C@H](CO)[C@H](O)[C@H](O)[C@H]2O)[C@@H](O)[C@@H](CO[C@@H]2O[C@H](CO)[C@@H](O[C@@H]3O[C@H](CO)[C@H](O[C@@H]4O[C@H](CO)[C@H](O)[C@H](O)[C@H]4NC(C)=O)[C@H](O[C@]4(C(=O)O)C[C@H](O)[C@@H](NC(C)=O)[C@H]([C@H](O)[C@H](O)CO)O4)[C@H]3O)[C@H](O)[C@H]2NC(C)=O)O[C@@H]1O. The molecule has 6 rings (SSSR count). The van der Waals surface area contributed by atoms with Gasteiger partial charge >= 0.3 is 5.97 Å². The average Bonchev–Trinajstić information content (AvgIpc) is 1.05. The molecule has 38 nitrogen and oxygen atoms in total. The van der Waals surface area contributed by atoms with E-state index in [1.807, 2.05) is 0 Å². The second-order valence-electron chi connectivity index (χ2n) is 21.2. The average molecular weight is 1240 g/mol. The molecule has 0 aromatic carbocycles. The predicted octanol–water partition coefficient (Wildman–Crippen LogP) is -14.3. The monoisotopic (exact) mass is 1240 g/mol. The van der Waals surface area contributed by atoms with E-state index in [1.165, 1.54) is 0 Å². The van der Waals surface area contributed by atoms with Gasteiger partial charge in [0.15, 0.2) is 31.5 Å². The molecular formula is C47H78N4O34. The highest BCUT2D eigenvalue weighted by Crippen LogP contribution is 2.41. The number of amides is 4. The normalized spacial score (nSPS) is 45.0. The molecule has 0 saturated carbocycles. The van der Waals surface area contributed by atoms with Crippen LogP contribution in [-0.4, -0.2) is 351 Å². The maximum absolute atomic E-state index is 13.5. The van der Waals surface area contributed by atoms with Gasteiger partial charge in [-0.2, -0.15) is 0 Å². The molecule has 0 aliphatic carbocycles. The first kappa shape index (κ1) is 70.3. The van der Waals surface area contributed by atoms with E-state index in [0.29, 0.717) is 0 Å². The van der Waals surface area contributed by atoms with Crippen LogP contribution in [0.3, 0.4) is 0 Å².